The lowest BCUT2D eigenvalue weighted by Crippen LogP contribution is -1.80. The van der Waals surface area contributed by atoms with Gasteiger partial charge in [-0.15, -0.1) is 11.8 Å². The van der Waals surface area contributed by atoms with Gasteiger partial charge in [-0.2, -0.15) is 0 Å². The van der Waals surface area contributed by atoms with Crippen LogP contribution in [-0.2, 0) is 0 Å². The molecule has 0 spiro atoms. The Morgan fingerprint density at radius 2 is 1.32 bits per heavy atom. The number of rotatable bonds is 3. The van der Waals surface area contributed by atoms with E-state index >= 15 is 0 Å². The van der Waals surface area contributed by atoms with Crippen LogP contribution in [0, 0.1) is 0 Å². The van der Waals surface area contributed by atoms with E-state index in [2.05, 4.69) is 42.7 Å². The summed E-state index contributed by atoms with van der Waals surface area (Å²) >= 11 is 1.75. The Balaban J connectivity index is 2.04. The fraction of sp³-hybridized carbons (Fsp3) is 0.0588. The Labute approximate surface area is 117 Å². The molecular weight excluding hydrogens is 252 g/mol. The van der Waals surface area contributed by atoms with Crippen molar-refractivity contribution in [1.29, 1.82) is 0 Å². The molecular formula is C17H14OS. The van der Waals surface area contributed by atoms with Gasteiger partial charge in [0, 0.05) is 16.0 Å². The molecule has 0 amide bonds. The van der Waals surface area contributed by atoms with Gasteiger partial charge in [-0.25, -0.2) is 0 Å². The predicted molar refractivity (Wildman–Crippen MR) is 81.4 cm³/mol. The second-order valence-corrected chi connectivity index (χ2v) is 5.17. The highest BCUT2D eigenvalue weighted by atomic mass is 32.2. The highest BCUT2D eigenvalue weighted by Crippen LogP contribution is 2.33. The normalized spacial score (nSPS) is 10.6. The van der Waals surface area contributed by atoms with Gasteiger partial charge < -0.3 is 4.42 Å². The van der Waals surface area contributed by atoms with Crippen molar-refractivity contribution < 1.29 is 4.42 Å². The topological polar surface area (TPSA) is 13.1 Å². The van der Waals surface area contributed by atoms with Crippen LogP contribution in [0.2, 0.25) is 0 Å². The minimum Gasteiger partial charge on any atom is -0.471 e. The van der Waals surface area contributed by atoms with Crippen LogP contribution in [0.15, 0.2) is 76.4 Å². The second-order valence-electron chi connectivity index (χ2n) is 4.29. The van der Waals surface area contributed by atoms with E-state index in [4.69, 9.17) is 4.42 Å². The van der Waals surface area contributed by atoms with Gasteiger partial charge in [-0.1, -0.05) is 42.5 Å². The maximum atomic E-state index is 5.41. The van der Waals surface area contributed by atoms with Crippen molar-refractivity contribution in [2.75, 3.05) is 6.26 Å². The number of hydrogen-bond acceptors (Lipinski definition) is 2. The third-order valence-corrected chi connectivity index (χ3v) is 3.89. The fourth-order valence-electron chi connectivity index (χ4n) is 2.13. The molecule has 1 nitrogen and oxygen atoms in total. The maximum absolute atomic E-state index is 5.41. The minimum atomic E-state index is 1.14. The van der Waals surface area contributed by atoms with Crippen molar-refractivity contribution in [3.8, 4) is 22.3 Å². The molecule has 3 aromatic rings. The third-order valence-electron chi connectivity index (χ3n) is 3.15. The predicted octanol–water partition coefficient (Wildman–Crippen LogP) is 5.34. The van der Waals surface area contributed by atoms with E-state index in [9.17, 15) is 0 Å². The second kappa shape index (κ2) is 5.37. The first-order valence-electron chi connectivity index (χ1n) is 6.14. The van der Waals surface area contributed by atoms with Crippen molar-refractivity contribution >= 4 is 11.8 Å². The van der Waals surface area contributed by atoms with Crippen LogP contribution in [0.1, 0.15) is 0 Å². The molecule has 94 valence electrons. The van der Waals surface area contributed by atoms with Gasteiger partial charge in [0.05, 0.1) is 12.5 Å². The van der Waals surface area contributed by atoms with Gasteiger partial charge in [0.2, 0.25) is 0 Å². The first-order valence-corrected chi connectivity index (χ1v) is 7.37. The standard InChI is InChI=1S/C17H14OS/c1-19-15-9-7-14(8-10-15)17-12-18-11-16(17)13-5-3-2-4-6-13/h2-12H,1H3. The molecule has 0 aliphatic heterocycles. The van der Waals surface area contributed by atoms with Crippen molar-refractivity contribution in [3.63, 3.8) is 0 Å². The van der Waals surface area contributed by atoms with E-state index in [-0.39, 0.29) is 0 Å². The Kier molecular flexibility index (Phi) is 3.43. The summed E-state index contributed by atoms with van der Waals surface area (Å²) in [5.74, 6) is 0. The largest absolute Gasteiger partial charge is 0.471 e. The van der Waals surface area contributed by atoms with Crippen LogP contribution in [0.5, 0.6) is 0 Å². The molecule has 3 rings (SSSR count). The summed E-state index contributed by atoms with van der Waals surface area (Å²) in [4.78, 5) is 1.27. The van der Waals surface area contributed by atoms with E-state index in [1.165, 1.54) is 16.0 Å². The molecule has 0 atom stereocenters. The molecule has 1 heterocycles. The molecule has 19 heavy (non-hydrogen) atoms. The zero-order valence-corrected chi connectivity index (χ0v) is 11.5. The van der Waals surface area contributed by atoms with Gasteiger partial charge in [-0.3, -0.25) is 0 Å². The monoisotopic (exact) mass is 266 g/mol. The van der Waals surface area contributed by atoms with Gasteiger partial charge in [-0.05, 0) is 29.5 Å². The van der Waals surface area contributed by atoms with E-state index in [1.807, 2.05) is 30.7 Å². The van der Waals surface area contributed by atoms with Crippen LogP contribution in [0.3, 0.4) is 0 Å². The minimum absolute atomic E-state index is 1.14. The third kappa shape index (κ3) is 2.45. The highest BCUT2D eigenvalue weighted by molar-refractivity contribution is 7.98. The number of benzene rings is 2. The Morgan fingerprint density at radius 1 is 0.737 bits per heavy atom. The Morgan fingerprint density at radius 3 is 1.89 bits per heavy atom. The van der Waals surface area contributed by atoms with Crippen LogP contribution >= 0.6 is 11.8 Å². The molecule has 0 saturated carbocycles. The van der Waals surface area contributed by atoms with Crippen LogP contribution in [0.25, 0.3) is 22.3 Å². The van der Waals surface area contributed by atoms with Crippen LogP contribution in [-0.4, -0.2) is 6.26 Å². The first kappa shape index (κ1) is 12.1. The fourth-order valence-corrected chi connectivity index (χ4v) is 2.54. The van der Waals surface area contributed by atoms with E-state index in [1.54, 1.807) is 11.8 Å². The molecule has 2 heteroatoms. The molecule has 1 aromatic heterocycles. The van der Waals surface area contributed by atoms with Gasteiger partial charge >= 0.3 is 0 Å². The number of hydrogen-bond donors (Lipinski definition) is 0. The summed E-state index contributed by atoms with van der Waals surface area (Å²) in [6, 6.07) is 18.9. The van der Waals surface area contributed by atoms with Gasteiger partial charge in [0.15, 0.2) is 0 Å². The molecule has 2 aromatic carbocycles. The SMILES string of the molecule is CSc1ccc(-c2cocc2-c2ccccc2)cc1. The molecule has 0 fully saturated rings. The molecule has 0 aliphatic carbocycles. The quantitative estimate of drug-likeness (QED) is 0.594. The highest BCUT2D eigenvalue weighted by Gasteiger charge is 2.09. The van der Waals surface area contributed by atoms with E-state index in [0.29, 0.717) is 0 Å². The van der Waals surface area contributed by atoms with Crippen molar-refractivity contribution in [2.45, 2.75) is 4.90 Å². The van der Waals surface area contributed by atoms with E-state index in [0.717, 1.165) is 11.1 Å². The summed E-state index contributed by atoms with van der Waals surface area (Å²) in [7, 11) is 0. The maximum Gasteiger partial charge on any atom is 0.0987 e. The van der Waals surface area contributed by atoms with Crippen molar-refractivity contribution in [2.24, 2.45) is 0 Å². The molecule has 0 bridgehead atoms. The lowest BCUT2D eigenvalue weighted by atomic mass is 9.99. The average molecular weight is 266 g/mol. The summed E-state index contributed by atoms with van der Waals surface area (Å²) < 4.78 is 5.41. The molecule has 0 radical (unpaired) electrons. The van der Waals surface area contributed by atoms with Crippen molar-refractivity contribution in [3.05, 3.63) is 67.1 Å². The van der Waals surface area contributed by atoms with Crippen LogP contribution < -0.4 is 0 Å². The molecule has 0 saturated heterocycles. The lowest BCUT2D eigenvalue weighted by molar-refractivity contribution is 0.569. The first-order chi connectivity index (χ1) is 9.38. The smallest absolute Gasteiger partial charge is 0.0987 e. The summed E-state index contributed by atoms with van der Waals surface area (Å²) in [5.41, 5.74) is 4.64. The Bertz CT molecular complexity index is 653. The van der Waals surface area contributed by atoms with Gasteiger partial charge in [0.25, 0.3) is 0 Å². The number of thioether (sulfide) groups is 1. The summed E-state index contributed by atoms with van der Waals surface area (Å²) in [6.07, 6.45) is 5.71. The summed E-state index contributed by atoms with van der Waals surface area (Å²) in [5, 5.41) is 0. The lowest BCUT2D eigenvalue weighted by Gasteiger charge is -2.04. The zero-order chi connectivity index (χ0) is 13.1. The Hall–Kier alpha value is -1.93. The zero-order valence-electron chi connectivity index (χ0n) is 10.7. The molecule has 0 N–H and O–H groups in total. The van der Waals surface area contributed by atoms with E-state index < -0.39 is 0 Å². The van der Waals surface area contributed by atoms with Gasteiger partial charge in [0.1, 0.15) is 0 Å². The summed E-state index contributed by atoms with van der Waals surface area (Å²) in [6.45, 7) is 0. The number of furan rings is 1. The van der Waals surface area contributed by atoms with Crippen LogP contribution in [0.4, 0.5) is 0 Å². The average Bonchev–Trinajstić information content (AvgIpc) is 2.98. The molecule has 0 aliphatic rings. The van der Waals surface area contributed by atoms with Crippen molar-refractivity contribution in [1.82, 2.24) is 0 Å². The molecule has 0 unspecified atom stereocenters.